The van der Waals surface area contributed by atoms with Gasteiger partial charge in [0.2, 0.25) is 5.88 Å². The molecule has 1 fully saturated rings. The Morgan fingerprint density at radius 2 is 1.38 bits per heavy atom. The molecule has 2 heterocycles. The normalized spacial score (nSPS) is 17.6. The number of likely N-dealkylation sites (N-methyl/N-ethyl adjacent to an activating group) is 2. The van der Waals surface area contributed by atoms with Crippen LogP contribution in [0.3, 0.4) is 0 Å². The number of allylic oxidation sites excluding steroid dienone is 8. The summed E-state index contributed by atoms with van der Waals surface area (Å²) in [6.45, 7) is 0. The van der Waals surface area contributed by atoms with Crippen LogP contribution >= 0.6 is 0 Å². The smallest absolute Gasteiger partial charge is 0.333 e. The summed E-state index contributed by atoms with van der Waals surface area (Å²) < 4.78 is 1.94. The third-order valence-electron chi connectivity index (χ3n) is 6.80. The summed E-state index contributed by atoms with van der Waals surface area (Å²) in [5, 5.41) is 10.3. The van der Waals surface area contributed by atoms with Gasteiger partial charge in [0.1, 0.15) is 11.1 Å². The lowest BCUT2D eigenvalue weighted by molar-refractivity contribution is -0.134. The molecule has 2 aliphatic rings. The third kappa shape index (κ3) is 4.96. The van der Waals surface area contributed by atoms with Crippen molar-refractivity contribution in [3.63, 3.8) is 0 Å². The van der Waals surface area contributed by atoms with Gasteiger partial charge in [-0.2, -0.15) is 0 Å². The van der Waals surface area contributed by atoms with Crippen molar-refractivity contribution in [1.82, 2.24) is 18.9 Å². The fourth-order valence-electron chi connectivity index (χ4n) is 4.55. The number of imide groups is 2. The van der Waals surface area contributed by atoms with E-state index in [1.165, 1.54) is 40.3 Å². The molecule has 2 aromatic rings. The van der Waals surface area contributed by atoms with Crippen molar-refractivity contribution in [1.29, 1.82) is 0 Å². The Kier molecular flexibility index (Phi) is 7.48. The average molecular weight is 529 g/mol. The Morgan fingerprint density at radius 1 is 0.769 bits per heavy atom. The summed E-state index contributed by atoms with van der Waals surface area (Å²) in [5.74, 6) is -1.73. The van der Waals surface area contributed by atoms with Crippen LogP contribution in [0.25, 0.3) is 11.6 Å². The van der Waals surface area contributed by atoms with Crippen molar-refractivity contribution >= 4 is 29.5 Å². The molecule has 4 rings (SSSR count). The second-order valence-electron chi connectivity index (χ2n) is 9.21. The fraction of sp³-hybridized carbons (Fsp3) is 0.207. The van der Waals surface area contributed by atoms with E-state index in [1.807, 2.05) is 42.5 Å². The maximum absolute atomic E-state index is 12.5. The van der Waals surface area contributed by atoms with Gasteiger partial charge < -0.3 is 5.11 Å². The molecule has 200 valence electrons. The Morgan fingerprint density at radius 3 is 2.03 bits per heavy atom. The number of benzene rings is 1. The highest BCUT2D eigenvalue weighted by molar-refractivity contribution is 6.28. The van der Waals surface area contributed by atoms with Crippen LogP contribution in [0.15, 0.2) is 87.0 Å². The van der Waals surface area contributed by atoms with Gasteiger partial charge >= 0.3 is 11.7 Å². The molecular weight excluding hydrogens is 500 g/mol. The number of urea groups is 1. The highest BCUT2D eigenvalue weighted by atomic mass is 16.3. The Bertz CT molecular complexity index is 1620. The van der Waals surface area contributed by atoms with Crippen LogP contribution in [0.1, 0.15) is 24.0 Å². The van der Waals surface area contributed by atoms with E-state index in [0.29, 0.717) is 12.8 Å². The number of barbiturate groups is 1. The summed E-state index contributed by atoms with van der Waals surface area (Å²) in [6, 6.07) is 9.03. The molecule has 0 saturated carbocycles. The van der Waals surface area contributed by atoms with Gasteiger partial charge in [-0.15, -0.1) is 0 Å². The lowest BCUT2D eigenvalue weighted by Gasteiger charge is -2.28. The molecule has 0 unspecified atom stereocenters. The van der Waals surface area contributed by atoms with Gasteiger partial charge in [0.25, 0.3) is 17.4 Å². The Labute approximate surface area is 224 Å². The standard InChI is InChI=1S/C29H28N4O6/c1-30-24(34)21(25(35)31(2)28(30)38)14-8-12-19-16-17-20(23(19)18-10-6-5-7-11-18)13-9-15-22-26(36)32(3)29(39)33(4)27(22)37/h5-15,34H,16-17H2,1-4H3/b13-9+,14-8+,19-12+. The minimum atomic E-state index is -0.678. The summed E-state index contributed by atoms with van der Waals surface area (Å²) in [6.07, 6.45) is 11.3. The molecule has 1 aliphatic heterocycles. The van der Waals surface area contributed by atoms with Crippen molar-refractivity contribution in [3.05, 3.63) is 109 Å². The van der Waals surface area contributed by atoms with E-state index in [4.69, 9.17) is 0 Å². The molecule has 0 bridgehead atoms. The van der Waals surface area contributed by atoms with Crippen molar-refractivity contribution in [2.75, 3.05) is 14.1 Å². The van der Waals surface area contributed by atoms with Crippen molar-refractivity contribution < 1.29 is 19.5 Å². The first-order valence-corrected chi connectivity index (χ1v) is 12.2. The number of rotatable bonds is 5. The lowest BCUT2D eigenvalue weighted by Crippen LogP contribution is -2.52. The first-order valence-electron chi connectivity index (χ1n) is 12.2. The average Bonchev–Trinajstić information content (AvgIpc) is 3.35. The van der Waals surface area contributed by atoms with Crippen LogP contribution < -0.4 is 11.2 Å². The second kappa shape index (κ2) is 10.8. The zero-order valence-electron chi connectivity index (χ0n) is 22.0. The monoisotopic (exact) mass is 528 g/mol. The molecule has 1 aliphatic carbocycles. The molecule has 1 N–H and O–H groups in total. The number of hydrogen-bond acceptors (Lipinski definition) is 6. The summed E-state index contributed by atoms with van der Waals surface area (Å²) in [7, 11) is 5.39. The number of carbonyl (C=O) groups excluding carboxylic acids is 3. The lowest BCUT2D eigenvalue weighted by atomic mass is 9.97. The predicted octanol–water partition coefficient (Wildman–Crippen LogP) is 2.51. The van der Waals surface area contributed by atoms with E-state index in [2.05, 4.69) is 0 Å². The van der Waals surface area contributed by atoms with Gasteiger partial charge in [-0.1, -0.05) is 54.6 Å². The summed E-state index contributed by atoms with van der Waals surface area (Å²) >= 11 is 0. The molecule has 1 aromatic heterocycles. The maximum atomic E-state index is 12.5. The highest BCUT2D eigenvalue weighted by Crippen LogP contribution is 2.39. The fourth-order valence-corrected chi connectivity index (χ4v) is 4.55. The zero-order chi connectivity index (χ0) is 28.4. The molecule has 4 amide bonds. The minimum absolute atomic E-state index is 0.00154. The van der Waals surface area contributed by atoms with Gasteiger partial charge in [-0.05, 0) is 47.3 Å². The van der Waals surface area contributed by atoms with Crippen LogP contribution in [-0.4, -0.2) is 56.0 Å². The molecule has 1 saturated heterocycles. The molecule has 10 nitrogen and oxygen atoms in total. The molecule has 0 spiro atoms. The minimum Gasteiger partial charge on any atom is -0.494 e. The molecule has 1 aromatic carbocycles. The highest BCUT2D eigenvalue weighted by Gasteiger charge is 2.37. The summed E-state index contributed by atoms with van der Waals surface area (Å²) in [5.41, 5.74) is 2.58. The van der Waals surface area contributed by atoms with E-state index < -0.39 is 35.0 Å². The first-order chi connectivity index (χ1) is 18.5. The SMILES string of the molecule is CN1C(=O)C(=C/C=C/C2=C(c3ccccc3)C(=C/C=C/c3c(O)n(C)c(=O)n(C)c3=O)/CC2)C(=O)N(C)C1=O. The van der Waals surface area contributed by atoms with Crippen molar-refractivity contribution in [2.45, 2.75) is 12.8 Å². The molecule has 10 heteroatoms. The van der Waals surface area contributed by atoms with E-state index >= 15 is 0 Å². The second-order valence-corrected chi connectivity index (χ2v) is 9.21. The molecular formula is C29H28N4O6. The quantitative estimate of drug-likeness (QED) is 0.470. The van der Waals surface area contributed by atoms with E-state index in [1.54, 1.807) is 12.2 Å². The predicted molar refractivity (Wildman–Crippen MR) is 146 cm³/mol. The first kappa shape index (κ1) is 27.1. The largest absolute Gasteiger partial charge is 0.494 e. The van der Waals surface area contributed by atoms with Gasteiger partial charge in [-0.3, -0.25) is 33.3 Å². The van der Waals surface area contributed by atoms with Gasteiger partial charge in [-0.25, -0.2) is 9.59 Å². The Hall–Kier alpha value is -4.99. The zero-order valence-corrected chi connectivity index (χ0v) is 22.0. The molecule has 0 radical (unpaired) electrons. The van der Waals surface area contributed by atoms with E-state index in [0.717, 1.165) is 41.2 Å². The van der Waals surface area contributed by atoms with E-state index in [9.17, 15) is 29.1 Å². The van der Waals surface area contributed by atoms with Crippen molar-refractivity contribution in [2.24, 2.45) is 14.1 Å². The van der Waals surface area contributed by atoms with Crippen molar-refractivity contribution in [3.8, 4) is 5.88 Å². The summed E-state index contributed by atoms with van der Waals surface area (Å²) in [4.78, 5) is 63.2. The van der Waals surface area contributed by atoms with Gasteiger partial charge in [0, 0.05) is 28.2 Å². The van der Waals surface area contributed by atoms with Crippen LogP contribution in [0.2, 0.25) is 0 Å². The number of aromatic hydroxyl groups is 1. The Balaban J connectivity index is 1.71. The number of nitrogens with zero attached hydrogens (tertiary/aromatic N) is 4. The molecule has 39 heavy (non-hydrogen) atoms. The topological polar surface area (TPSA) is 122 Å². The van der Waals surface area contributed by atoms with Crippen LogP contribution in [-0.2, 0) is 23.7 Å². The number of hydrogen-bond donors (Lipinski definition) is 1. The third-order valence-corrected chi connectivity index (χ3v) is 6.80. The van der Waals surface area contributed by atoms with Crippen LogP contribution in [0.5, 0.6) is 5.88 Å². The number of aromatic nitrogens is 2. The number of carbonyl (C=O) groups is 3. The van der Waals surface area contributed by atoms with Gasteiger partial charge in [0.05, 0.1) is 0 Å². The molecule has 0 atom stereocenters. The maximum Gasteiger partial charge on any atom is 0.333 e. The van der Waals surface area contributed by atoms with Crippen LogP contribution in [0, 0.1) is 0 Å². The number of amides is 4. The van der Waals surface area contributed by atoms with Crippen LogP contribution in [0.4, 0.5) is 4.79 Å². The van der Waals surface area contributed by atoms with E-state index in [-0.39, 0.29) is 11.1 Å². The van der Waals surface area contributed by atoms with Gasteiger partial charge in [0.15, 0.2) is 0 Å².